The number of hydrogen-bond donors (Lipinski definition) is 0. The van der Waals surface area contributed by atoms with Crippen molar-refractivity contribution in [1.29, 1.82) is 0 Å². The van der Waals surface area contributed by atoms with Crippen LogP contribution in [0.15, 0.2) is 95.9 Å². The molecule has 2 aliphatic carbocycles. The molecule has 260 valence electrons. The second-order valence-electron chi connectivity index (χ2n) is 12.3. The van der Waals surface area contributed by atoms with Crippen LogP contribution in [0.1, 0.15) is 34.3 Å². The van der Waals surface area contributed by atoms with Gasteiger partial charge in [0.2, 0.25) is 11.7 Å². The van der Waals surface area contributed by atoms with Crippen molar-refractivity contribution in [3.8, 4) is 5.75 Å². The van der Waals surface area contributed by atoms with Crippen LogP contribution in [0.4, 0.5) is 27.6 Å². The first kappa shape index (κ1) is 35.2. The number of benzene rings is 4. The summed E-state index contributed by atoms with van der Waals surface area (Å²) >= 11 is 0.241. The Bertz CT molecular complexity index is 1870. The van der Waals surface area contributed by atoms with Crippen LogP contribution in [0.25, 0.3) is 0 Å². The second-order valence-corrected chi connectivity index (χ2v) is 13.6. The van der Waals surface area contributed by atoms with E-state index in [4.69, 9.17) is 9.47 Å². The van der Waals surface area contributed by atoms with E-state index in [9.17, 15) is 31.5 Å². The number of rotatable bonds is 13. The molecule has 0 spiro atoms. The van der Waals surface area contributed by atoms with Gasteiger partial charge in [-0.3, -0.25) is 4.79 Å². The Hall–Kier alpha value is -4.68. The minimum atomic E-state index is -2.26. The summed E-state index contributed by atoms with van der Waals surface area (Å²) in [5, 5.41) is 0. The summed E-state index contributed by atoms with van der Waals surface area (Å²) in [5.41, 5.74) is 2.19. The SMILES string of the molecule is CN(CC(=O)N(CC1CC2C=CC1C2)c1ccc(C(=O)OCc2ccccc2)c(OCc2ccccc2)c1)Sc1c(F)c(F)c(F)c(F)c1F. The van der Waals surface area contributed by atoms with Gasteiger partial charge < -0.3 is 14.4 Å². The van der Waals surface area contributed by atoms with Gasteiger partial charge in [-0.15, -0.1) is 0 Å². The quantitative estimate of drug-likeness (QED) is 0.0347. The van der Waals surface area contributed by atoms with E-state index >= 15 is 0 Å². The van der Waals surface area contributed by atoms with Crippen molar-refractivity contribution >= 4 is 29.5 Å². The van der Waals surface area contributed by atoms with E-state index < -0.39 is 52.4 Å². The fourth-order valence-corrected chi connectivity index (χ4v) is 7.15. The zero-order valence-electron chi connectivity index (χ0n) is 27.0. The number of halogens is 5. The smallest absolute Gasteiger partial charge is 0.342 e. The van der Waals surface area contributed by atoms with Crippen molar-refractivity contribution in [3.05, 3.63) is 137 Å². The molecule has 50 heavy (non-hydrogen) atoms. The number of likely N-dealkylation sites (N-methyl/N-ethyl adjacent to an activating group) is 1. The van der Waals surface area contributed by atoms with E-state index in [0.717, 1.165) is 28.3 Å². The summed E-state index contributed by atoms with van der Waals surface area (Å²) in [7, 11) is 1.32. The number of carbonyl (C=O) groups excluding carboxylic acids is 2. The Kier molecular flexibility index (Phi) is 10.9. The third kappa shape index (κ3) is 7.87. The number of esters is 1. The van der Waals surface area contributed by atoms with E-state index in [1.54, 1.807) is 12.1 Å². The highest BCUT2D eigenvalue weighted by atomic mass is 32.2. The van der Waals surface area contributed by atoms with Gasteiger partial charge in [0.1, 0.15) is 29.4 Å². The number of amides is 1. The Morgan fingerprint density at radius 1 is 0.780 bits per heavy atom. The molecule has 6 nitrogen and oxygen atoms in total. The van der Waals surface area contributed by atoms with Crippen LogP contribution in [0.3, 0.4) is 0 Å². The zero-order valence-corrected chi connectivity index (χ0v) is 27.8. The van der Waals surface area contributed by atoms with Gasteiger partial charge in [0, 0.05) is 18.3 Å². The standard InChI is InChI=1S/C38H33F5N2O4S/c1-44(50-37-35(42)33(40)32(39)34(41)36(37)43)20-31(46)45(19-27-17-25-12-13-26(27)16-25)28-14-15-29(38(47)49-22-24-10-6-3-7-11-24)30(18-28)48-21-23-8-4-2-5-9-23/h2-15,18,25-27H,16-17,19-22H2,1H3. The van der Waals surface area contributed by atoms with Gasteiger partial charge >= 0.3 is 5.97 Å². The molecule has 1 saturated carbocycles. The van der Waals surface area contributed by atoms with Crippen molar-refractivity contribution in [2.24, 2.45) is 17.8 Å². The Morgan fingerprint density at radius 3 is 2.00 bits per heavy atom. The van der Waals surface area contributed by atoms with Gasteiger partial charge in [0.25, 0.3) is 0 Å². The summed E-state index contributed by atoms with van der Waals surface area (Å²) in [6.45, 7) is 0.00776. The maximum Gasteiger partial charge on any atom is 0.342 e. The fraction of sp³-hybridized carbons (Fsp3) is 0.263. The number of ether oxygens (including phenoxy) is 2. The summed E-state index contributed by atoms with van der Waals surface area (Å²) < 4.78 is 83.1. The normalized spacial score (nSPS) is 17.7. The molecule has 2 aliphatic rings. The summed E-state index contributed by atoms with van der Waals surface area (Å²) in [6, 6.07) is 23.2. The largest absolute Gasteiger partial charge is 0.488 e. The first-order chi connectivity index (χ1) is 24.1. The van der Waals surface area contributed by atoms with Crippen LogP contribution in [-0.4, -0.2) is 36.3 Å². The lowest BCUT2D eigenvalue weighted by Gasteiger charge is -2.30. The summed E-state index contributed by atoms with van der Waals surface area (Å²) in [5.74, 6) is -10.5. The molecular weight excluding hydrogens is 675 g/mol. The van der Waals surface area contributed by atoms with Crippen LogP contribution in [0, 0.1) is 46.8 Å². The lowest BCUT2D eigenvalue weighted by atomic mass is 9.93. The molecule has 1 fully saturated rings. The molecule has 4 aromatic rings. The number of hydrogen-bond acceptors (Lipinski definition) is 6. The van der Waals surface area contributed by atoms with Crippen LogP contribution >= 0.6 is 11.9 Å². The van der Waals surface area contributed by atoms with Crippen molar-refractivity contribution in [1.82, 2.24) is 4.31 Å². The van der Waals surface area contributed by atoms with Gasteiger partial charge in [0.15, 0.2) is 23.3 Å². The van der Waals surface area contributed by atoms with Gasteiger partial charge in [-0.2, -0.15) is 0 Å². The average molecular weight is 709 g/mol. The molecular formula is C38H33F5N2O4S. The van der Waals surface area contributed by atoms with Crippen molar-refractivity contribution < 1.29 is 41.0 Å². The zero-order chi connectivity index (χ0) is 35.4. The minimum absolute atomic E-state index is 0.0367. The molecule has 3 unspecified atom stereocenters. The molecule has 1 amide bonds. The Morgan fingerprint density at radius 2 is 1.40 bits per heavy atom. The molecule has 2 bridgehead atoms. The van der Waals surface area contributed by atoms with Crippen LogP contribution in [-0.2, 0) is 22.7 Å². The van der Waals surface area contributed by atoms with E-state index in [-0.39, 0.29) is 48.3 Å². The third-order valence-electron chi connectivity index (χ3n) is 8.86. The van der Waals surface area contributed by atoms with Gasteiger partial charge in [-0.05, 0) is 72.9 Å². The lowest BCUT2D eigenvalue weighted by Crippen LogP contribution is -2.41. The second kappa shape index (κ2) is 15.5. The topological polar surface area (TPSA) is 59.1 Å². The van der Waals surface area contributed by atoms with Gasteiger partial charge in [-0.1, -0.05) is 72.8 Å². The van der Waals surface area contributed by atoms with Crippen molar-refractivity contribution in [2.75, 3.05) is 25.0 Å². The summed E-state index contributed by atoms with van der Waals surface area (Å²) in [6.07, 6.45) is 6.15. The molecule has 12 heteroatoms. The highest BCUT2D eigenvalue weighted by Gasteiger charge is 2.38. The number of allylic oxidation sites excluding steroid dienone is 2. The first-order valence-corrected chi connectivity index (χ1v) is 16.8. The maximum absolute atomic E-state index is 14.5. The fourth-order valence-electron chi connectivity index (χ4n) is 6.32. The van der Waals surface area contributed by atoms with Crippen LogP contribution in [0.2, 0.25) is 0 Å². The molecule has 0 saturated heterocycles. The number of fused-ring (bicyclic) bond motifs is 2. The van der Waals surface area contributed by atoms with Gasteiger partial charge in [-0.25, -0.2) is 31.1 Å². The van der Waals surface area contributed by atoms with Crippen LogP contribution < -0.4 is 9.64 Å². The van der Waals surface area contributed by atoms with Crippen molar-refractivity contribution in [3.63, 3.8) is 0 Å². The van der Waals surface area contributed by atoms with E-state index in [1.807, 2.05) is 60.7 Å². The predicted molar refractivity (Wildman–Crippen MR) is 179 cm³/mol. The number of carbonyl (C=O) groups is 2. The predicted octanol–water partition coefficient (Wildman–Crippen LogP) is 8.50. The van der Waals surface area contributed by atoms with E-state index in [2.05, 4.69) is 12.2 Å². The van der Waals surface area contributed by atoms with E-state index in [0.29, 0.717) is 18.2 Å². The lowest BCUT2D eigenvalue weighted by molar-refractivity contribution is -0.118. The molecule has 3 atom stereocenters. The monoisotopic (exact) mass is 708 g/mol. The highest BCUT2D eigenvalue weighted by molar-refractivity contribution is 7.97. The van der Waals surface area contributed by atoms with Crippen molar-refractivity contribution in [2.45, 2.75) is 31.0 Å². The van der Waals surface area contributed by atoms with E-state index in [1.165, 1.54) is 18.0 Å². The number of nitrogens with zero attached hydrogens (tertiary/aromatic N) is 2. The Labute approximate surface area is 290 Å². The highest BCUT2D eigenvalue weighted by Crippen LogP contribution is 2.44. The molecule has 4 aromatic carbocycles. The maximum atomic E-state index is 14.5. The molecule has 0 N–H and O–H groups in total. The summed E-state index contributed by atoms with van der Waals surface area (Å²) in [4.78, 5) is 27.7. The minimum Gasteiger partial charge on any atom is -0.488 e. The third-order valence-corrected chi connectivity index (χ3v) is 9.84. The molecule has 0 heterocycles. The number of anilines is 1. The Balaban J connectivity index is 1.28. The average Bonchev–Trinajstić information content (AvgIpc) is 3.77. The molecule has 0 radical (unpaired) electrons. The first-order valence-electron chi connectivity index (χ1n) is 16.0. The molecule has 0 aliphatic heterocycles. The van der Waals surface area contributed by atoms with Crippen LogP contribution in [0.5, 0.6) is 5.75 Å². The van der Waals surface area contributed by atoms with Gasteiger partial charge in [0.05, 0.1) is 6.54 Å². The molecule has 0 aromatic heterocycles. The molecule has 6 rings (SSSR count).